The van der Waals surface area contributed by atoms with Gasteiger partial charge < -0.3 is 10.2 Å². The maximum atomic E-state index is 13.4. The predicted octanol–water partition coefficient (Wildman–Crippen LogP) is 4.30. The first kappa shape index (κ1) is 27.8. The first-order valence-corrected chi connectivity index (χ1v) is 13.1. The highest BCUT2D eigenvalue weighted by Gasteiger charge is 2.52. The second-order valence-electron chi connectivity index (χ2n) is 9.25. The summed E-state index contributed by atoms with van der Waals surface area (Å²) in [4.78, 5) is 44.3. The number of urea groups is 1. The summed E-state index contributed by atoms with van der Waals surface area (Å²) in [6.45, 7) is 2.91. The molecule has 1 aliphatic rings. The van der Waals surface area contributed by atoms with Crippen molar-refractivity contribution in [3.8, 4) is 0 Å². The fourth-order valence-electron chi connectivity index (χ4n) is 4.06. The summed E-state index contributed by atoms with van der Waals surface area (Å²) in [5.74, 6) is -0.975. The van der Waals surface area contributed by atoms with Crippen LogP contribution in [0.2, 0.25) is 0 Å². The van der Waals surface area contributed by atoms with Crippen LogP contribution in [-0.4, -0.2) is 47.2 Å². The number of hydrogen-bond acceptors (Lipinski definition) is 6. The summed E-state index contributed by atoms with van der Waals surface area (Å²) in [5.41, 5.74) is -5.32. The number of amides is 4. The maximum absolute atomic E-state index is 13.4. The van der Waals surface area contributed by atoms with Crippen molar-refractivity contribution in [1.82, 2.24) is 9.88 Å². The number of imide groups is 1. The first-order chi connectivity index (χ1) is 18.2. The molecule has 0 aliphatic carbocycles. The van der Waals surface area contributed by atoms with E-state index in [9.17, 15) is 36.0 Å². The molecule has 4 amide bonds. The standard InChI is InChI=1S/C26H23F3N4O5S/c1-25(2)23(35)33(19-8-10-20(11-9-19)39(37,38)26(27,28)29)24(36)32(25)16-18-12-13-30-15-21(18)31-22(34)14-17-6-4-3-5-7-17/h3-13,15H,14,16H2,1-2H3,(H,31,34). The minimum absolute atomic E-state index is 0.0900. The van der Waals surface area contributed by atoms with E-state index in [1.807, 2.05) is 18.2 Å². The van der Waals surface area contributed by atoms with Crippen LogP contribution < -0.4 is 10.2 Å². The van der Waals surface area contributed by atoms with Crippen LogP contribution in [0.25, 0.3) is 0 Å². The van der Waals surface area contributed by atoms with Crippen molar-refractivity contribution in [3.05, 3.63) is 84.2 Å². The Bertz CT molecular complexity index is 1530. The number of carbonyl (C=O) groups is 3. The molecule has 204 valence electrons. The van der Waals surface area contributed by atoms with Gasteiger partial charge in [0.15, 0.2) is 0 Å². The Morgan fingerprint density at radius 2 is 1.64 bits per heavy atom. The smallest absolute Gasteiger partial charge is 0.324 e. The van der Waals surface area contributed by atoms with Crippen molar-refractivity contribution in [1.29, 1.82) is 0 Å². The van der Waals surface area contributed by atoms with Crippen LogP contribution in [0.3, 0.4) is 0 Å². The molecule has 2 heterocycles. The number of carbonyl (C=O) groups excluding carboxylic acids is 3. The van der Waals surface area contributed by atoms with Crippen LogP contribution in [0.4, 0.5) is 29.3 Å². The Morgan fingerprint density at radius 1 is 1.00 bits per heavy atom. The Balaban J connectivity index is 1.57. The molecule has 1 fully saturated rings. The maximum Gasteiger partial charge on any atom is 0.501 e. The third-order valence-electron chi connectivity index (χ3n) is 6.25. The molecule has 13 heteroatoms. The predicted molar refractivity (Wildman–Crippen MR) is 135 cm³/mol. The van der Waals surface area contributed by atoms with Gasteiger partial charge in [0, 0.05) is 6.20 Å². The summed E-state index contributed by atoms with van der Waals surface area (Å²) < 4.78 is 62.0. The number of halogens is 3. The van der Waals surface area contributed by atoms with E-state index in [-0.39, 0.29) is 24.6 Å². The number of hydrogen-bond donors (Lipinski definition) is 1. The average Bonchev–Trinajstić information content (AvgIpc) is 3.04. The number of anilines is 2. The summed E-state index contributed by atoms with van der Waals surface area (Å²) >= 11 is 0. The van der Waals surface area contributed by atoms with Gasteiger partial charge in [-0.15, -0.1) is 0 Å². The van der Waals surface area contributed by atoms with E-state index < -0.39 is 37.7 Å². The summed E-state index contributed by atoms with van der Waals surface area (Å²) in [7, 11) is -5.59. The lowest BCUT2D eigenvalue weighted by atomic mass is 10.0. The van der Waals surface area contributed by atoms with Gasteiger partial charge in [0.2, 0.25) is 5.91 Å². The van der Waals surface area contributed by atoms with Gasteiger partial charge in [0.25, 0.3) is 15.7 Å². The number of aromatic nitrogens is 1. The average molecular weight is 561 g/mol. The van der Waals surface area contributed by atoms with Crippen molar-refractivity contribution in [2.45, 2.75) is 42.8 Å². The molecule has 0 saturated carbocycles. The van der Waals surface area contributed by atoms with Crippen LogP contribution in [0.5, 0.6) is 0 Å². The highest BCUT2D eigenvalue weighted by Crippen LogP contribution is 2.36. The van der Waals surface area contributed by atoms with Crippen LogP contribution in [0.15, 0.2) is 78.0 Å². The fraction of sp³-hybridized carbons (Fsp3) is 0.231. The minimum Gasteiger partial charge on any atom is -0.324 e. The van der Waals surface area contributed by atoms with E-state index in [0.717, 1.165) is 22.6 Å². The first-order valence-electron chi connectivity index (χ1n) is 11.6. The van der Waals surface area contributed by atoms with Crippen LogP contribution in [0.1, 0.15) is 25.0 Å². The number of sulfone groups is 1. The Morgan fingerprint density at radius 3 is 2.26 bits per heavy atom. The van der Waals surface area contributed by atoms with Gasteiger partial charge in [0.05, 0.1) is 35.4 Å². The molecule has 0 bridgehead atoms. The molecule has 1 aromatic heterocycles. The lowest BCUT2D eigenvalue weighted by molar-refractivity contribution is -0.123. The van der Waals surface area contributed by atoms with E-state index >= 15 is 0 Å². The molecule has 39 heavy (non-hydrogen) atoms. The van der Waals surface area contributed by atoms with E-state index in [1.54, 1.807) is 18.2 Å². The molecular formula is C26H23F3N4O5S. The molecule has 9 nitrogen and oxygen atoms in total. The largest absolute Gasteiger partial charge is 0.501 e. The fourth-order valence-corrected chi connectivity index (χ4v) is 4.82. The molecule has 0 spiro atoms. The van der Waals surface area contributed by atoms with Gasteiger partial charge in [-0.2, -0.15) is 13.2 Å². The molecule has 4 rings (SSSR count). The summed E-state index contributed by atoms with van der Waals surface area (Å²) in [6, 6.07) is 13.2. The van der Waals surface area contributed by atoms with Gasteiger partial charge >= 0.3 is 11.5 Å². The van der Waals surface area contributed by atoms with E-state index in [0.29, 0.717) is 23.4 Å². The van der Waals surface area contributed by atoms with E-state index in [2.05, 4.69) is 10.3 Å². The van der Waals surface area contributed by atoms with Gasteiger partial charge in [-0.3, -0.25) is 14.6 Å². The Kier molecular flexibility index (Phi) is 7.21. The van der Waals surface area contributed by atoms with Crippen LogP contribution in [0, 0.1) is 0 Å². The minimum atomic E-state index is -5.59. The lowest BCUT2D eigenvalue weighted by Crippen LogP contribution is -2.43. The molecule has 3 aromatic rings. The zero-order valence-electron chi connectivity index (χ0n) is 20.8. The van der Waals surface area contributed by atoms with Crippen LogP contribution >= 0.6 is 0 Å². The third kappa shape index (κ3) is 5.35. The molecule has 1 aliphatic heterocycles. The van der Waals surface area contributed by atoms with E-state index in [4.69, 9.17) is 0 Å². The Hall–Kier alpha value is -4.26. The SMILES string of the molecule is CC1(C)C(=O)N(c2ccc(S(=O)(=O)C(F)(F)F)cc2)C(=O)N1Cc1ccncc1NC(=O)Cc1ccccc1. The van der Waals surface area contributed by atoms with Gasteiger partial charge in [-0.1, -0.05) is 30.3 Å². The van der Waals surface area contributed by atoms with Crippen molar-refractivity contribution < 1.29 is 36.0 Å². The number of alkyl halides is 3. The van der Waals surface area contributed by atoms with Gasteiger partial charge in [-0.25, -0.2) is 18.1 Å². The van der Waals surface area contributed by atoms with Gasteiger partial charge in [-0.05, 0) is 55.3 Å². The summed E-state index contributed by atoms with van der Waals surface area (Å²) in [5, 5.41) is 2.78. The molecule has 0 unspecified atom stereocenters. The lowest BCUT2D eigenvalue weighted by Gasteiger charge is -2.28. The monoisotopic (exact) mass is 560 g/mol. The highest BCUT2D eigenvalue weighted by atomic mass is 32.2. The second kappa shape index (κ2) is 10.1. The number of nitrogens with one attached hydrogen (secondary N) is 1. The molecule has 0 atom stereocenters. The molecule has 2 aromatic carbocycles. The molecule has 1 saturated heterocycles. The number of pyridine rings is 1. The normalized spacial score (nSPS) is 15.5. The van der Waals surface area contributed by atoms with Crippen molar-refractivity contribution in [2.24, 2.45) is 0 Å². The zero-order valence-corrected chi connectivity index (χ0v) is 21.6. The Labute approximate surface area is 222 Å². The molecule has 1 N–H and O–H groups in total. The van der Waals surface area contributed by atoms with Crippen LogP contribution in [-0.2, 0) is 32.4 Å². The highest BCUT2D eigenvalue weighted by molar-refractivity contribution is 7.92. The van der Waals surface area contributed by atoms with Crippen molar-refractivity contribution >= 4 is 39.1 Å². The zero-order chi connectivity index (χ0) is 28.6. The third-order valence-corrected chi connectivity index (χ3v) is 7.76. The van der Waals surface area contributed by atoms with Crippen molar-refractivity contribution in [2.75, 3.05) is 10.2 Å². The molecular weight excluding hydrogens is 537 g/mol. The number of benzene rings is 2. The van der Waals surface area contributed by atoms with Gasteiger partial charge in [0.1, 0.15) is 5.54 Å². The summed E-state index contributed by atoms with van der Waals surface area (Å²) in [6.07, 6.45) is 3.00. The quantitative estimate of drug-likeness (QED) is 0.431. The topological polar surface area (TPSA) is 117 Å². The molecule has 0 radical (unpaired) electrons. The van der Waals surface area contributed by atoms with E-state index in [1.165, 1.54) is 31.1 Å². The second-order valence-corrected chi connectivity index (χ2v) is 11.2. The number of rotatable bonds is 7. The number of nitrogens with zero attached hydrogens (tertiary/aromatic N) is 3. The van der Waals surface area contributed by atoms with Crippen molar-refractivity contribution in [3.63, 3.8) is 0 Å².